The molecule has 2 aromatic rings. The SMILES string of the molecule is CC(NC(=O)c1cc(I)cc(I)c1O)c1ncc[nH]1. The van der Waals surface area contributed by atoms with Gasteiger partial charge in [-0.2, -0.15) is 0 Å². The van der Waals surface area contributed by atoms with Crippen molar-refractivity contribution < 1.29 is 9.90 Å². The van der Waals surface area contributed by atoms with E-state index < -0.39 is 0 Å². The Kier molecular flexibility index (Phi) is 4.66. The molecule has 2 rings (SSSR count). The fraction of sp³-hybridized carbons (Fsp3) is 0.167. The number of aromatic amines is 1. The van der Waals surface area contributed by atoms with Crippen LogP contribution >= 0.6 is 45.2 Å². The van der Waals surface area contributed by atoms with Gasteiger partial charge < -0.3 is 15.4 Å². The molecule has 1 amide bonds. The third-order valence-corrected chi connectivity index (χ3v) is 4.00. The largest absolute Gasteiger partial charge is 0.506 e. The van der Waals surface area contributed by atoms with E-state index in [0.29, 0.717) is 9.39 Å². The first-order valence-corrected chi connectivity index (χ1v) is 7.63. The second kappa shape index (κ2) is 6.07. The highest BCUT2D eigenvalue weighted by molar-refractivity contribution is 14.1. The molecular formula is C12H11I2N3O2. The Morgan fingerprint density at radius 1 is 1.47 bits per heavy atom. The maximum Gasteiger partial charge on any atom is 0.255 e. The molecule has 0 saturated heterocycles. The van der Waals surface area contributed by atoms with Crippen molar-refractivity contribution in [3.63, 3.8) is 0 Å². The number of H-pyrrole nitrogens is 1. The van der Waals surface area contributed by atoms with E-state index in [-0.39, 0.29) is 23.3 Å². The molecule has 0 radical (unpaired) electrons. The number of halogens is 2. The van der Waals surface area contributed by atoms with Crippen molar-refractivity contribution in [2.24, 2.45) is 0 Å². The summed E-state index contributed by atoms with van der Waals surface area (Å²) in [7, 11) is 0. The number of rotatable bonds is 3. The summed E-state index contributed by atoms with van der Waals surface area (Å²) in [4.78, 5) is 19.2. The van der Waals surface area contributed by atoms with Crippen molar-refractivity contribution in [3.05, 3.63) is 43.1 Å². The highest BCUT2D eigenvalue weighted by atomic mass is 127. The smallest absolute Gasteiger partial charge is 0.255 e. The lowest BCUT2D eigenvalue weighted by Crippen LogP contribution is -2.27. The third kappa shape index (κ3) is 3.38. The number of aromatic hydroxyl groups is 1. The zero-order valence-corrected chi connectivity index (χ0v) is 14.3. The summed E-state index contributed by atoms with van der Waals surface area (Å²) >= 11 is 4.11. The highest BCUT2D eigenvalue weighted by Gasteiger charge is 2.18. The molecule has 7 heteroatoms. The second-order valence-electron chi connectivity index (χ2n) is 3.95. The summed E-state index contributed by atoms with van der Waals surface area (Å²) in [5.74, 6) is 0.358. The number of phenols is 1. The van der Waals surface area contributed by atoms with Crippen LogP contribution in [0.5, 0.6) is 5.75 Å². The molecule has 1 unspecified atom stereocenters. The zero-order chi connectivity index (χ0) is 14.0. The summed E-state index contributed by atoms with van der Waals surface area (Å²) in [5.41, 5.74) is 0.273. The van der Waals surface area contributed by atoms with Gasteiger partial charge in [0, 0.05) is 16.0 Å². The Hall–Kier alpha value is -0.840. The molecule has 1 aromatic carbocycles. The lowest BCUT2D eigenvalue weighted by Gasteiger charge is -2.13. The first kappa shape index (κ1) is 14.6. The van der Waals surface area contributed by atoms with E-state index in [0.717, 1.165) is 3.57 Å². The lowest BCUT2D eigenvalue weighted by molar-refractivity contribution is 0.0935. The number of aromatic nitrogens is 2. The molecular weight excluding hydrogens is 472 g/mol. The zero-order valence-electron chi connectivity index (χ0n) is 9.95. The summed E-state index contributed by atoms with van der Waals surface area (Å²) in [6.45, 7) is 1.83. The Morgan fingerprint density at radius 3 is 2.84 bits per heavy atom. The van der Waals surface area contributed by atoms with E-state index in [1.54, 1.807) is 18.5 Å². The molecule has 0 aliphatic carbocycles. The van der Waals surface area contributed by atoms with Crippen LogP contribution in [-0.2, 0) is 0 Å². The van der Waals surface area contributed by atoms with Crippen LogP contribution in [0.3, 0.4) is 0 Å². The van der Waals surface area contributed by atoms with Crippen molar-refractivity contribution in [1.29, 1.82) is 0 Å². The highest BCUT2D eigenvalue weighted by Crippen LogP contribution is 2.27. The number of amides is 1. The van der Waals surface area contributed by atoms with Crippen molar-refractivity contribution in [3.8, 4) is 5.75 Å². The van der Waals surface area contributed by atoms with Crippen LogP contribution in [0.1, 0.15) is 29.1 Å². The number of hydrogen-bond donors (Lipinski definition) is 3. The molecule has 1 aromatic heterocycles. The van der Waals surface area contributed by atoms with Crippen molar-refractivity contribution in [2.45, 2.75) is 13.0 Å². The third-order valence-electron chi connectivity index (χ3n) is 2.55. The van der Waals surface area contributed by atoms with Crippen LogP contribution in [0, 0.1) is 7.14 Å². The molecule has 1 atom stereocenters. The minimum Gasteiger partial charge on any atom is -0.506 e. The van der Waals surface area contributed by atoms with Crippen LogP contribution in [0.25, 0.3) is 0 Å². The standard InChI is InChI=1S/C12H11I2N3O2/c1-6(11-15-2-3-16-11)17-12(19)8-4-7(13)5-9(14)10(8)18/h2-6,18H,1H3,(H,15,16)(H,17,19). The average Bonchev–Trinajstić information content (AvgIpc) is 2.87. The second-order valence-corrected chi connectivity index (χ2v) is 6.36. The van der Waals surface area contributed by atoms with E-state index in [4.69, 9.17) is 0 Å². The summed E-state index contributed by atoms with van der Waals surface area (Å²) < 4.78 is 1.55. The number of hydrogen-bond acceptors (Lipinski definition) is 3. The van der Waals surface area contributed by atoms with Crippen LogP contribution in [0.2, 0.25) is 0 Å². The van der Waals surface area contributed by atoms with E-state index in [1.165, 1.54) is 0 Å². The van der Waals surface area contributed by atoms with E-state index in [9.17, 15) is 9.90 Å². The van der Waals surface area contributed by atoms with Gasteiger partial charge in [-0.3, -0.25) is 4.79 Å². The van der Waals surface area contributed by atoms with E-state index in [1.807, 2.05) is 35.6 Å². The predicted molar refractivity (Wildman–Crippen MR) is 88.0 cm³/mol. The first-order chi connectivity index (χ1) is 8.99. The first-order valence-electron chi connectivity index (χ1n) is 5.47. The topological polar surface area (TPSA) is 78.0 Å². The Morgan fingerprint density at radius 2 is 2.21 bits per heavy atom. The monoisotopic (exact) mass is 483 g/mol. The van der Waals surface area contributed by atoms with Gasteiger partial charge >= 0.3 is 0 Å². The average molecular weight is 483 g/mol. The molecule has 0 saturated carbocycles. The maximum absolute atomic E-state index is 12.2. The number of nitrogens with one attached hydrogen (secondary N) is 2. The molecule has 0 fully saturated rings. The molecule has 0 bridgehead atoms. The number of carbonyl (C=O) groups is 1. The van der Waals surface area contributed by atoms with Crippen LogP contribution < -0.4 is 5.32 Å². The van der Waals surface area contributed by atoms with Crippen molar-refractivity contribution in [2.75, 3.05) is 0 Å². The number of phenolic OH excluding ortho intramolecular Hbond substituents is 1. The van der Waals surface area contributed by atoms with Gasteiger partial charge in [-0.05, 0) is 64.2 Å². The predicted octanol–water partition coefficient (Wildman–Crippen LogP) is 2.82. The fourth-order valence-corrected chi connectivity index (χ4v) is 3.44. The summed E-state index contributed by atoms with van der Waals surface area (Å²) in [5, 5.41) is 12.7. The summed E-state index contributed by atoms with van der Waals surface area (Å²) in [6, 6.07) is 3.21. The lowest BCUT2D eigenvalue weighted by atomic mass is 10.1. The number of nitrogens with zero attached hydrogens (tertiary/aromatic N) is 1. The minimum atomic E-state index is -0.321. The van der Waals surface area contributed by atoms with E-state index >= 15 is 0 Å². The van der Waals surface area contributed by atoms with Gasteiger partial charge in [0.1, 0.15) is 11.6 Å². The Bertz CT molecular complexity index is 599. The van der Waals surface area contributed by atoms with Gasteiger partial charge in [0.25, 0.3) is 5.91 Å². The molecule has 100 valence electrons. The van der Waals surface area contributed by atoms with Crippen LogP contribution in [-0.4, -0.2) is 21.0 Å². The normalized spacial score (nSPS) is 12.2. The Balaban J connectivity index is 2.21. The van der Waals surface area contributed by atoms with Gasteiger partial charge in [0.2, 0.25) is 0 Å². The summed E-state index contributed by atoms with van der Waals surface area (Å²) in [6.07, 6.45) is 3.33. The molecule has 0 aliphatic heterocycles. The van der Waals surface area contributed by atoms with Gasteiger partial charge in [0.15, 0.2) is 0 Å². The molecule has 1 heterocycles. The molecule has 3 N–H and O–H groups in total. The molecule has 19 heavy (non-hydrogen) atoms. The van der Waals surface area contributed by atoms with Crippen molar-refractivity contribution in [1.82, 2.24) is 15.3 Å². The van der Waals surface area contributed by atoms with E-state index in [2.05, 4.69) is 37.9 Å². The van der Waals surface area contributed by atoms with Crippen LogP contribution in [0.15, 0.2) is 24.5 Å². The maximum atomic E-state index is 12.2. The number of imidazole rings is 1. The van der Waals surface area contributed by atoms with Gasteiger partial charge in [-0.1, -0.05) is 0 Å². The molecule has 0 aliphatic rings. The van der Waals surface area contributed by atoms with Crippen molar-refractivity contribution >= 4 is 51.1 Å². The molecule has 5 nitrogen and oxygen atoms in total. The van der Waals surface area contributed by atoms with Gasteiger partial charge in [0.05, 0.1) is 15.2 Å². The molecule has 0 spiro atoms. The minimum absolute atomic E-state index is 0.00478. The quantitative estimate of drug-likeness (QED) is 0.589. The number of benzene rings is 1. The van der Waals surface area contributed by atoms with Gasteiger partial charge in [-0.25, -0.2) is 4.98 Å². The van der Waals surface area contributed by atoms with Crippen LogP contribution in [0.4, 0.5) is 0 Å². The fourth-order valence-electron chi connectivity index (χ4n) is 1.60. The Labute approximate surface area is 137 Å². The van der Waals surface area contributed by atoms with Gasteiger partial charge in [-0.15, -0.1) is 0 Å². The number of carbonyl (C=O) groups excluding carboxylic acids is 1.